The van der Waals surface area contributed by atoms with Gasteiger partial charge in [-0.15, -0.1) is 0 Å². The lowest BCUT2D eigenvalue weighted by Gasteiger charge is -2.13. The second kappa shape index (κ2) is 6.54. The number of nitrogens with two attached hydrogens (primary N) is 1. The molecule has 18 heavy (non-hydrogen) atoms. The molecule has 3 N–H and O–H groups in total. The van der Waals surface area contributed by atoms with Crippen molar-refractivity contribution in [3.63, 3.8) is 0 Å². The Labute approximate surface area is 111 Å². The van der Waals surface area contributed by atoms with Crippen molar-refractivity contribution >= 4 is 23.4 Å². The lowest BCUT2D eigenvalue weighted by Crippen LogP contribution is -2.17. The third-order valence-electron chi connectivity index (χ3n) is 2.77. The molecule has 1 saturated heterocycles. The van der Waals surface area contributed by atoms with Crippen LogP contribution >= 0.6 is 11.8 Å². The largest absolute Gasteiger partial charge is 0.493 e. The molecule has 1 amide bonds. The first-order valence-electron chi connectivity index (χ1n) is 6.09. The van der Waals surface area contributed by atoms with Crippen LogP contribution in [0.2, 0.25) is 0 Å². The number of nitrogens with one attached hydrogen (secondary N) is 1. The van der Waals surface area contributed by atoms with Gasteiger partial charge in [-0.3, -0.25) is 4.79 Å². The van der Waals surface area contributed by atoms with Crippen LogP contribution < -0.4 is 15.8 Å². The van der Waals surface area contributed by atoms with E-state index in [-0.39, 0.29) is 12.3 Å². The van der Waals surface area contributed by atoms with Gasteiger partial charge in [0.2, 0.25) is 5.91 Å². The van der Waals surface area contributed by atoms with E-state index in [1.165, 1.54) is 17.9 Å². The maximum absolute atomic E-state index is 10.6. The van der Waals surface area contributed by atoms with Crippen molar-refractivity contribution in [1.82, 2.24) is 0 Å². The number of carbonyl (C=O) groups is 1. The van der Waals surface area contributed by atoms with E-state index in [9.17, 15) is 4.79 Å². The Bertz CT molecular complexity index is 388. The van der Waals surface area contributed by atoms with Crippen molar-refractivity contribution in [2.75, 3.05) is 23.4 Å². The fourth-order valence-corrected chi connectivity index (χ4v) is 2.95. The van der Waals surface area contributed by atoms with Gasteiger partial charge >= 0.3 is 0 Å². The normalized spacial score (nSPS) is 18.6. The molecule has 1 fully saturated rings. The molecule has 0 radical (unpaired) electrons. The number of hydrogen-bond donors (Lipinski definition) is 2. The third-order valence-corrected chi connectivity index (χ3v) is 3.93. The minimum Gasteiger partial charge on any atom is -0.493 e. The van der Waals surface area contributed by atoms with Crippen molar-refractivity contribution in [1.29, 1.82) is 0 Å². The van der Waals surface area contributed by atoms with Gasteiger partial charge in [0.25, 0.3) is 0 Å². The summed E-state index contributed by atoms with van der Waals surface area (Å²) < 4.78 is 5.41. The van der Waals surface area contributed by atoms with Crippen LogP contribution in [0.3, 0.4) is 0 Å². The molecule has 1 atom stereocenters. The number of primary amides is 1. The quantitative estimate of drug-likeness (QED) is 0.825. The predicted octanol–water partition coefficient (Wildman–Crippen LogP) is 1.86. The summed E-state index contributed by atoms with van der Waals surface area (Å²) in [4.78, 5) is 10.6. The Morgan fingerprint density at radius 3 is 2.83 bits per heavy atom. The molecule has 1 heterocycles. The zero-order valence-electron chi connectivity index (χ0n) is 10.2. The molecule has 1 aromatic rings. The molecule has 0 aromatic heterocycles. The fraction of sp³-hybridized carbons (Fsp3) is 0.462. The Morgan fingerprint density at radius 2 is 2.22 bits per heavy atom. The monoisotopic (exact) mass is 266 g/mol. The number of ether oxygens (including phenoxy) is 1. The minimum absolute atomic E-state index is 0.249. The highest BCUT2D eigenvalue weighted by Crippen LogP contribution is 2.22. The lowest BCUT2D eigenvalue weighted by atomic mass is 10.2. The van der Waals surface area contributed by atoms with E-state index in [4.69, 9.17) is 10.5 Å². The highest BCUT2D eigenvalue weighted by Gasteiger charge is 2.14. The van der Waals surface area contributed by atoms with Gasteiger partial charge in [0.1, 0.15) is 5.75 Å². The van der Waals surface area contributed by atoms with E-state index < -0.39 is 0 Å². The Kier molecular flexibility index (Phi) is 4.75. The number of amides is 1. The van der Waals surface area contributed by atoms with Crippen LogP contribution in [0.1, 0.15) is 12.8 Å². The van der Waals surface area contributed by atoms with Crippen LogP contribution in [-0.4, -0.2) is 30.1 Å². The second-order valence-corrected chi connectivity index (χ2v) is 5.44. The van der Waals surface area contributed by atoms with Gasteiger partial charge in [-0.1, -0.05) is 0 Å². The van der Waals surface area contributed by atoms with Gasteiger partial charge in [-0.2, -0.15) is 11.8 Å². The van der Waals surface area contributed by atoms with E-state index in [1.807, 2.05) is 36.0 Å². The molecule has 0 saturated carbocycles. The SMILES string of the molecule is NC(=O)CCOc1ccc(NC2CCSC2)cc1. The van der Waals surface area contributed by atoms with E-state index in [1.54, 1.807) is 0 Å². The van der Waals surface area contributed by atoms with Gasteiger partial charge in [-0.05, 0) is 36.4 Å². The van der Waals surface area contributed by atoms with Crippen LogP contribution in [0, 0.1) is 0 Å². The number of anilines is 1. The maximum atomic E-state index is 10.6. The third kappa shape index (κ3) is 4.14. The Hall–Kier alpha value is -1.36. The highest BCUT2D eigenvalue weighted by atomic mass is 32.2. The molecular formula is C13H18N2O2S. The highest BCUT2D eigenvalue weighted by molar-refractivity contribution is 7.99. The number of thioether (sulfide) groups is 1. The van der Waals surface area contributed by atoms with Crippen LogP contribution in [0.25, 0.3) is 0 Å². The van der Waals surface area contributed by atoms with E-state index in [0.717, 1.165) is 11.4 Å². The predicted molar refractivity (Wildman–Crippen MR) is 75.1 cm³/mol. The lowest BCUT2D eigenvalue weighted by molar-refractivity contribution is -0.118. The number of rotatable bonds is 6. The van der Waals surface area contributed by atoms with Crippen molar-refractivity contribution < 1.29 is 9.53 Å². The molecular weight excluding hydrogens is 248 g/mol. The van der Waals surface area contributed by atoms with Gasteiger partial charge in [0.05, 0.1) is 13.0 Å². The summed E-state index contributed by atoms with van der Waals surface area (Å²) in [7, 11) is 0. The van der Waals surface area contributed by atoms with Crippen LogP contribution in [0.4, 0.5) is 5.69 Å². The van der Waals surface area contributed by atoms with E-state index in [0.29, 0.717) is 12.6 Å². The van der Waals surface area contributed by atoms with Gasteiger partial charge in [0, 0.05) is 17.5 Å². The smallest absolute Gasteiger partial charge is 0.220 e. The summed E-state index contributed by atoms with van der Waals surface area (Å²) in [5, 5.41) is 3.49. The number of carbonyl (C=O) groups excluding carboxylic acids is 1. The van der Waals surface area contributed by atoms with Gasteiger partial charge in [0.15, 0.2) is 0 Å². The number of hydrogen-bond acceptors (Lipinski definition) is 4. The topological polar surface area (TPSA) is 64.4 Å². The Morgan fingerprint density at radius 1 is 1.44 bits per heavy atom. The second-order valence-electron chi connectivity index (χ2n) is 4.29. The molecule has 5 heteroatoms. The zero-order chi connectivity index (χ0) is 12.8. The molecule has 2 rings (SSSR count). The van der Waals surface area contributed by atoms with Crippen molar-refractivity contribution in [3.05, 3.63) is 24.3 Å². The van der Waals surface area contributed by atoms with Crippen molar-refractivity contribution in [3.8, 4) is 5.75 Å². The average Bonchev–Trinajstić information content (AvgIpc) is 2.84. The molecule has 1 aliphatic rings. The molecule has 0 bridgehead atoms. The standard InChI is InChI=1S/C13H18N2O2S/c14-13(16)5-7-17-12-3-1-10(2-4-12)15-11-6-8-18-9-11/h1-4,11,15H,5-9H2,(H2,14,16). The fourth-order valence-electron chi connectivity index (χ4n) is 1.80. The van der Waals surface area contributed by atoms with Crippen LogP contribution in [-0.2, 0) is 4.79 Å². The zero-order valence-corrected chi connectivity index (χ0v) is 11.0. The van der Waals surface area contributed by atoms with E-state index >= 15 is 0 Å². The van der Waals surface area contributed by atoms with E-state index in [2.05, 4.69) is 5.32 Å². The first kappa shape index (κ1) is 13.1. The summed E-state index contributed by atoms with van der Waals surface area (Å²) >= 11 is 1.99. The first-order chi connectivity index (χ1) is 8.74. The molecule has 98 valence electrons. The summed E-state index contributed by atoms with van der Waals surface area (Å²) in [6.07, 6.45) is 1.47. The minimum atomic E-state index is -0.341. The number of benzene rings is 1. The van der Waals surface area contributed by atoms with Gasteiger partial charge < -0.3 is 15.8 Å². The van der Waals surface area contributed by atoms with Crippen molar-refractivity contribution in [2.45, 2.75) is 18.9 Å². The molecule has 1 unspecified atom stereocenters. The van der Waals surface area contributed by atoms with Crippen molar-refractivity contribution in [2.24, 2.45) is 5.73 Å². The molecule has 4 nitrogen and oxygen atoms in total. The summed E-state index contributed by atoms with van der Waals surface area (Å²) in [6, 6.07) is 8.40. The molecule has 1 aromatic carbocycles. The first-order valence-corrected chi connectivity index (χ1v) is 7.25. The Balaban J connectivity index is 1.79. The summed E-state index contributed by atoms with van der Waals surface area (Å²) in [6.45, 7) is 0.335. The molecule has 0 aliphatic carbocycles. The summed E-state index contributed by atoms with van der Waals surface area (Å²) in [5.41, 5.74) is 6.16. The van der Waals surface area contributed by atoms with Crippen LogP contribution in [0.15, 0.2) is 24.3 Å². The summed E-state index contributed by atoms with van der Waals surface area (Å²) in [5.74, 6) is 2.85. The average molecular weight is 266 g/mol. The molecule has 1 aliphatic heterocycles. The molecule has 0 spiro atoms. The van der Waals surface area contributed by atoms with Gasteiger partial charge in [-0.25, -0.2) is 0 Å². The maximum Gasteiger partial charge on any atom is 0.220 e. The van der Waals surface area contributed by atoms with Crippen LogP contribution in [0.5, 0.6) is 5.75 Å².